The predicted octanol–water partition coefficient (Wildman–Crippen LogP) is 4.31. The zero-order valence-corrected chi connectivity index (χ0v) is 17.2. The van der Waals surface area contributed by atoms with Crippen LogP contribution in [0.5, 0.6) is 0 Å². The van der Waals surface area contributed by atoms with E-state index in [1.165, 1.54) is 23.9 Å². The third-order valence-corrected chi connectivity index (χ3v) is 5.64. The molecule has 2 N–H and O–H groups in total. The zero-order valence-electron chi connectivity index (χ0n) is 15.6. The molecule has 0 aliphatic heterocycles. The molecule has 2 aromatic heterocycles. The first-order chi connectivity index (χ1) is 14.4. The number of aromatic nitrogens is 3. The second-order valence-electron chi connectivity index (χ2n) is 6.35. The summed E-state index contributed by atoms with van der Waals surface area (Å²) in [6, 6.07) is 13.8. The molecule has 10 heteroatoms. The van der Waals surface area contributed by atoms with Gasteiger partial charge >= 0.3 is 5.97 Å². The minimum atomic E-state index is -1.16. The van der Waals surface area contributed by atoms with Crippen molar-refractivity contribution in [2.24, 2.45) is 7.05 Å². The molecule has 0 saturated carbocycles. The van der Waals surface area contributed by atoms with E-state index in [2.05, 4.69) is 15.5 Å². The van der Waals surface area contributed by atoms with Crippen LogP contribution in [-0.4, -0.2) is 37.5 Å². The van der Waals surface area contributed by atoms with Gasteiger partial charge in [-0.25, -0.2) is 4.79 Å². The minimum Gasteiger partial charge on any atom is -0.478 e. The molecule has 2 aromatic carbocycles. The first-order valence-corrected chi connectivity index (χ1v) is 10.1. The van der Waals surface area contributed by atoms with Crippen LogP contribution in [0.25, 0.3) is 22.6 Å². The molecule has 1 amide bonds. The number of nitrogens with zero attached hydrogens (tertiary/aromatic N) is 3. The van der Waals surface area contributed by atoms with Crippen molar-refractivity contribution in [2.75, 3.05) is 11.1 Å². The number of benzene rings is 2. The molecule has 0 unspecified atom stereocenters. The highest BCUT2D eigenvalue weighted by atomic mass is 35.5. The maximum absolute atomic E-state index is 12.3. The topological polar surface area (TPSA) is 110 Å². The number of aromatic carboxylic acids is 1. The predicted molar refractivity (Wildman–Crippen MR) is 114 cm³/mol. The summed E-state index contributed by atoms with van der Waals surface area (Å²) < 4.78 is 7.57. The number of furan rings is 1. The van der Waals surface area contributed by atoms with Gasteiger partial charge in [0.2, 0.25) is 5.91 Å². The van der Waals surface area contributed by atoms with E-state index in [4.69, 9.17) is 21.1 Å². The van der Waals surface area contributed by atoms with E-state index in [-0.39, 0.29) is 22.2 Å². The number of carboxylic acid groups (broad SMARTS) is 1. The van der Waals surface area contributed by atoms with Crippen molar-refractivity contribution in [3.8, 4) is 11.6 Å². The number of halogens is 1. The lowest BCUT2D eigenvalue weighted by molar-refractivity contribution is -0.113. The van der Waals surface area contributed by atoms with Gasteiger partial charge in [0.15, 0.2) is 16.7 Å². The number of hydrogen-bond acceptors (Lipinski definition) is 6. The summed E-state index contributed by atoms with van der Waals surface area (Å²) in [4.78, 5) is 23.4. The maximum atomic E-state index is 12.3. The molecule has 0 bridgehead atoms. The Labute approximate surface area is 179 Å². The lowest BCUT2D eigenvalue weighted by Crippen LogP contribution is -2.15. The Morgan fingerprint density at radius 2 is 2.00 bits per heavy atom. The second kappa shape index (κ2) is 8.21. The summed E-state index contributed by atoms with van der Waals surface area (Å²) >= 11 is 7.05. The van der Waals surface area contributed by atoms with E-state index in [9.17, 15) is 9.59 Å². The molecule has 0 aliphatic rings. The fourth-order valence-corrected chi connectivity index (χ4v) is 3.75. The van der Waals surface area contributed by atoms with Gasteiger partial charge in [-0.2, -0.15) is 0 Å². The first-order valence-electron chi connectivity index (χ1n) is 8.76. The normalized spacial score (nSPS) is 11.0. The van der Waals surface area contributed by atoms with Gasteiger partial charge in [0.25, 0.3) is 0 Å². The lowest BCUT2D eigenvalue weighted by atomic mass is 10.2. The summed E-state index contributed by atoms with van der Waals surface area (Å²) in [5.74, 6) is -0.269. The Kier molecular flexibility index (Phi) is 5.47. The van der Waals surface area contributed by atoms with Crippen molar-refractivity contribution in [2.45, 2.75) is 5.16 Å². The van der Waals surface area contributed by atoms with Gasteiger partial charge in [-0.1, -0.05) is 41.6 Å². The van der Waals surface area contributed by atoms with Crippen LogP contribution in [0.2, 0.25) is 5.02 Å². The number of para-hydroxylation sites is 1. The monoisotopic (exact) mass is 442 g/mol. The number of fused-ring (bicyclic) bond motifs is 1. The van der Waals surface area contributed by atoms with E-state index < -0.39 is 5.97 Å². The molecule has 0 radical (unpaired) electrons. The van der Waals surface area contributed by atoms with Crippen LogP contribution >= 0.6 is 23.4 Å². The minimum absolute atomic E-state index is 0.0666. The maximum Gasteiger partial charge on any atom is 0.337 e. The Morgan fingerprint density at radius 1 is 1.20 bits per heavy atom. The van der Waals surface area contributed by atoms with Gasteiger partial charge in [-0.05, 0) is 30.3 Å². The summed E-state index contributed by atoms with van der Waals surface area (Å²) in [5.41, 5.74) is 1.03. The number of hydrogen-bond donors (Lipinski definition) is 2. The molecule has 152 valence electrons. The number of anilines is 1. The number of amides is 1. The van der Waals surface area contributed by atoms with Crippen molar-refractivity contribution in [1.82, 2.24) is 14.8 Å². The molecule has 2 heterocycles. The Balaban J connectivity index is 1.44. The highest BCUT2D eigenvalue weighted by Gasteiger charge is 2.17. The van der Waals surface area contributed by atoms with E-state index in [0.717, 1.165) is 11.0 Å². The third-order valence-electron chi connectivity index (χ3n) is 4.29. The zero-order chi connectivity index (χ0) is 21.3. The van der Waals surface area contributed by atoms with Crippen LogP contribution in [0.1, 0.15) is 10.4 Å². The molecule has 4 aromatic rings. The van der Waals surface area contributed by atoms with Crippen molar-refractivity contribution in [1.29, 1.82) is 0 Å². The number of carbonyl (C=O) groups is 2. The SMILES string of the molecule is Cn1c(SCC(=O)Nc2ccc(Cl)c(C(=O)O)c2)nnc1-c1cc2ccccc2o1. The Hall–Kier alpha value is -3.30. The lowest BCUT2D eigenvalue weighted by Gasteiger charge is -2.07. The summed E-state index contributed by atoms with van der Waals surface area (Å²) in [6.45, 7) is 0. The highest BCUT2D eigenvalue weighted by molar-refractivity contribution is 7.99. The van der Waals surface area contributed by atoms with E-state index in [1.807, 2.05) is 30.3 Å². The summed E-state index contributed by atoms with van der Waals surface area (Å²) in [6.07, 6.45) is 0. The highest BCUT2D eigenvalue weighted by Crippen LogP contribution is 2.28. The number of carboxylic acids is 1. The first kappa shape index (κ1) is 20.0. The fraction of sp³-hybridized carbons (Fsp3) is 0.100. The molecule has 30 heavy (non-hydrogen) atoms. The molecular formula is C20H15ClN4O4S. The molecule has 0 aliphatic carbocycles. The quantitative estimate of drug-likeness (QED) is 0.428. The molecule has 0 spiro atoms. The second-order valence-corrected chi connectivity index (χ2v) is 7.70. The van der Waals surface area contributed by atoms with Crippen LogP contribution < -0.4 is 5.32 Å². The van der Waals surface area contributed by atoms with Gasteiger partial charge in [-0.3, -0.25) is 4.79 Å². The van der Waals surface area contributed by atoms with Gasteiger partial charge in [0.1, 0.15) is 5.58 Å². The van der Waals surface area contributed by atoms with E-state index >= 15 is 0 Å². The molecule has 0 atom stereocenters. The summed E-state index contributed by atoms with van der Waals surface area (Å²) in [7, 11) is 1.79. The van der Waals surface area contributed by atoms with E-state index in [0.29, 0.717) is 22.4 Å². The van der Waals surface area contributed by atoms with Crippen molar-refractivity contribution < 1.29 is 19.1 Å². The number of nitrogens with one attached hydrogen (secondary N) is 1. The Bertz CT molecular complexity index is 1230. The Morgan fingerprint density at radius 3 is 2.77 bits per heavy atom. The number of thioether (sulfide) groups is 1. The molecular weight excluding hydrogens is 428 g/mol. The van der Waals surface area contributed by atoms with Crippen LogP contribution in [0.15, 0.2) is 58.1 Å². The molecule has 0 fully saturated rings. The fourth-order valence-electron chi connectivity index (χ4n) is 2.84. The van der Waals surface area contributed by atoms with Crippen molar-refractivity contribution >= 4 is 51.9 Å². The third kappa shape index (κ3) is 4.03. The van der Waals surface area contributed by atoms with E-state index in [1.54, 1.807) is 17.7 Å². The average Bonchev–Trinajstić information content (AvgIpc) is 3.30. The van der Waals surface area contributed by atoms with Crippen LogP contribution in [0, 0.1) is 0 Å². The largest absolute Gasteiger partial charge is 0.478 e. The molecule has 0 saturated heterocycles. The standard InChI is InChI=1S/C20H15ClN4O4S/c1-25-18(16-8-11-4-2-3-5-15(11)29-16)23-24-20(25)30-10-17(26)22-12-6-7-14(21)13(9-12)19(27)28/h2-9H,10H2,1H3,(H,22,26)(H,27,28). The summed E-state index contributed by atoms with van der Waals surface area (Å²) in [5, 5.41) is 21.7. The molecule has 4 rings (SSSR count). The van der Waals surface area contributed by atoms with Crippen molar-refractivity contribution in [3.05, 3.63) is 59.1 Å². The van der Waals surface area contributed by atoms with Gasteiger partial charge in [0.05, 0.1) is 16.3 Å². The van der Waals surface area contributed by atoms with Gasteiger partial charge in [-0.15, -0.1) is 10.2 Å². The van der Waals surface area contributed by atoms with Crippen LogP contribution in [0.3, 0.4) is 0 Å². The van der Waals surface area contributed by atoms with Crippen LogP contribution in [-0.2, 0) is 11.8 Å². The smallest absolute Gasteiger partial charge is 0.337 e. The molecule has 8 nitrogen and oxygen atoms in total. The van der Waals surface area contributed by atoms with Crippen LogP contribution in [0.4, 0.5) is 5.69 Å². The number of rotatable bonds is 6. The average molecular weight is 443 g/mol. The number of carbonyl (C=O) groups excluding carboxylic acids is 1. The van der Waals surface area contributed by atoms with Crippen molar-refractivity contribution in [3.63, 3.8) is 0 Å². The van der Waals surface area contributed by atoms with Gasteiger partial charge in [0, 0.05) is 18.1 Å². The van der Waals surface area contributed by atoms with Gasteiger partial charge < -0.3 is 19.4 Å².